The van der Waals surface area contributed by atoms with Gasteiger partial charge in [0.25, 0.3) is 0 Å². The van der Waals surface area contributed by atoms with E-state index in [1.165, 1.54) is 0 Å². The summed E-state index contributed by atoms with van der Waals surface area (Å²) in [5.74, 6) is 1.51. The summed E-state index contributed by atoms with van der Waals surface area (Å²) in [4.78, 5) is 11.3. The maximum absolute atomic E-state index is 5.73. The topological polar surface area (TPSA) is 59.0 Å². The number of thiazole rings is 1. The fourth-order valence-electron chi connectivity index (χ4n) is 2.58. The molecule has 1 aromatic rings. The van der Waals surface area contributed by atoms with E-state index in [-0.39, 0.29) is 24.0 Å². The molecule has 2 rings (SSSR count). The summed E-state index contributed by atoms with van der Waals surface area (Å²) >= 11 is 1.69. The van der Waals surface area contributed by atoms with Crippen LogP contribution in [0.3, 0.4) is 0 Å². The second-order valence-corrected chi connectivity index (χ2v) is 7.17. The van der Waals surface area contributed by atoms with Crippen molar-refractivity contribution in [3.63, 3.8) is 0 Å². The van der Waals surface area contributed by atoms with E-state index in [2.05, 4.69) is 32.5 Å². The first-order chi connectivity index (χ1) is 11.7. The molecule has 0 spiro atoms. The van der Waals surface area contributed by atoms with Gasteiger partial charge in [-0.25, -0.2) is 4.98 Å². The number of aliphatic imine (C=N–C) groups is 1. The number of hydrogen-bond acceptors (Lipinski definition) is 5. The van der Waals surface area contributed by atoms with Crippen LogP contribution in [0.2, 0.25) is 0 Å². The molecule has 1 atom stereocenters. The van der Waals surface area contributed by atoms with Crippen LogP contribution < -0.4 is 5.32 Å². The van der Waals surface area contributed by atoms with Crippen molar-refractivity contribution in [2.75, 3.05) is 46.6 Å². The van der Waals surface area contributed by atoms with E-state index in [0.717, 1.165) is 75.6 Å². The van der Waals surface area contributed by atoms with Gasteiger partial charge in [0.2, 0.25) is 0 Å². The maximum Gasteiger partial charge on any atom is 0.194 e. The quantitative estimate of drug-likeness (QED) is 0.254. The molecule has 1 aromatic heterocycles. The van der Waals surface area contributed by atoms with Crippen LogP contribution in [0.15, 0.2) is 10.4 Å². The van der Waals surface area contributed by atoms with E-state index >= 15 is 0 Å². The SMILES string of the molecule is CCNC(=NCCCOCC1CCOC1)N(C)Cc1csc(C)n1.I. The molecule has 1 aliphatic rings. The van der Waals surface area contributed by atoms with E-state index in [0.29, 0.717) is 5.92 Å². The lowest BCUT2D eigenvalue weighted by Gasteiger charge is -2.21. The number of nitrogens with zero attached hydrogens (tertiary/aromatic N) is 3. The van der Waals surface area contributed by atoms with Gasteiger partial charge in [0.1, 0.15) is 0 Å². The van der Waals surface area contributed by atoms with Crippen LogP contribution >= 0.6 is 35.3 Å². The Balaban J connectivity index is 0.00000312. The fourth-order valence-corrected chi connectivity index (χ4v) is 3.19. The highest BCUT2D eigenvalue weighted by Crippen LogP contribution is 2.12. The van der Waals surface area contributed by atoms with Crippen LogP contribution in [-0.4, -0.2) is 62.4 Å². The number of aromatic nitrogens is 1. The van der Waals surface area contributed by atoms with Crippen molar-refractivity contribution in [3.8, 4) is 0 Å². The summed E-state index contributed by atoms with van der Waals surface area (Å²) in [6, 6.07) is 0. The number of rotatable bonds is 9. The summed E-state index contributed by atoms with van der Waals surface area (Å²) < 4.78 is 11.1. The molecule has 1 unspecified atom stereocenters. The van der Waals surface area contributed by atoms with Gasteiger partial charge in [-0.3, -0.25) is 4.99 Å². The first-order valence-electron chi connectivity index (χ1n) is 8.75. The van der Waals surface area contributed by atoms with Crippen LogP contribution in [-0.2, 0) is 16.0 Å². The van der Waals surface area contributed by atoms with Crippen LogP contribution in [0.5, 0.6) is 0 Å². The molecule has 8 heteroatoms. The molecule has 1 N–H and O–H groups in total. The molecule has 144 valence electrons. The molecule has 2 heterocycles. The molecular formula is C17H31IN4O2S. The largest absolute Gasteiger partial charge is 0.381 e. The Hall–Kier alpha value is -0.450. The monoisotopic (exact) mass is 482 g/mol. The van der Waals surface area contributed by atoms with Crippen molar-refractivity contribution in [1.82, 2.24) is 15.2 Å². The number of hydrogen-bond donors (Lipinski definition) is 1. The molecule has 0 aromatic carbocycles. The van der Waals surface area contributed by atoms with E-state index in [1.54, 1.807) is 11.3 Å². The summed E-state index contributed by atoms with van der Waals surface area (Å²) in [7, 11) is 2.05. The molecule has 0 bridgehead atoms. The zero-order valence-corrected chi connectivity index (χ0v) is 18.6. The zero-order valence-electron chi connectivity index (χ0n) is 15.5. The third kappa shape index (κ3) is 8.65. The maximum atomic E-state index is 5.73. The zero-order chi connectivity index (χ0) is 17.2. The van der Waals surface area contributed by atoms with Crippen LogP contribution in [0.1, 0.15) is 30.5 Å². The van der Waals surface area contributed by atoms with Crippen molar-refractivity contribution in [2.45, 2.75) is 33.2 Å². The molecular weight excluding hydrogens is 451 g/mol. The second-order valence-electron chi connectivity index (χ2n) is 6.11. The lowest BCUT2D eigenvalue weighted by atomic mass is 10.1. The van der Waals surface area contributed by atoms with Gasteiger partial charge in [-0.2, -0.15) is 0 Å². The second kappa shape index (κ2) is 12.8. The Bertz CT molecular complexity index is 507. The van der Waals surface area contributed by atoms with Crippen molar-refractivity contribution in [2.24, 2.45) is 10.9 Å². The highest BCUT2D eigenvalue weighted by atomic mass is 127. The number of nitrogens with one attached hydrogen (secondary N) is 1. The van der Waals surface area contributed by atoms with Crippen molar-refractivity contribution < 1.29 is 9.47 Å². The molecule has 0 radical (unpaired) electrons. The average Bonchev–Trinajstić information content (AvgIpc) is 3.21. The average molecular weight is 482 g/mol. The standard InChI is InChI=1S/C17H30N4O2S.HI/c1-4-18-17(21(3)10-16-13-24-14(2)20-16)19-7-5-8-22-11-15-6-9-23-12-15;/h13,15H,4-12H2,1-3H3,(H,18,19);1H. The van der Waals surface area contributed by atoms with Crippen LogP contribution in [0.4, 0.5) is 0 Å². The summed E-state index contributed by atoms with van der Waals surface area (Å²) in [6.45, 7) is 9.82. The van der Waals surface area contributed by atoms with Gasteiger partial charge in [0.05, 0.1) is 30.5 Å². The molecule has 0 saturated carbocycles. The third-order valence-corrected chi connectivity index (χ3v) is 4.67. The minimum atomic E-state index is 0. The normalized spacial score (nSPS) is 17.4. The Morgan fingerprint density at radius 3 is 3.04 bits per heavy atom. The lowest BCUT2D eigenvalue weighted by Crippen LogP contribution is -2.38. The minimum absolute atomic E-state index is 0. The number of aryl methyl sites for hydroxylation is 1. The van der Waals surface area contributed by atoms with Gasteiger partial charge in [0.15, 0.2) is 5.96 Å². The van der Waals surface area contributed by atoms with E-state index < -0.39 is 0 Å². The fraction of sp³-hybridized carbons (Fsp3) is 0.765. The van der Waals surface area contributed by atoms with E-state index in [9.17, 15) is 0 Å². The Morgan fingerprint density at radius 2 is 2.40 bits per heavy atom. The van der Waals surface area contributed by atoms with Gasteiger partial charge >= 0.3 is 0 Å². The summed E-state index contributed by atoms with van der Waals surface area (Å²) in [5.41, 5.74) is 1.09. The van der Waals surface area contributed by atoms with Crippen LogP contribution in [0, 0.1) is 12.8 Å². The number of halogens is 1. The predicted molar refractivity (Wildman–Crippen MR) is 114 cm³/mol. The molecule has 1 saturated heterocycles. The predicted octanol–water partition coefficient (Wildman–Crippen LogP) is 2.91. The Labute approximate surface area is 172 Å². The van der Waals surface area contributed by atoms with E-state index in [4.69, 9.17) is 9.47 Å². The van der Waals surface area contributed by atoms with Gasteiger partial charge in [0, 0.05) is 44.6 Å². The van der Waals surface area contributed by atoms with Crippen molar-refractivity contribution in [3.05, 3.63) is 16.1 Å². The smallest absolute Gasteiger partial charge is 0.194 e. The van der Waals surface area contributed by atoms with Gasteiger partial charge in [-0.05, 0) is 26.7 Å². The molecule has 0 amide bonds. The summed E-state index contributed by atoms with van der Waals surface area (Å²) in [5, 5.41) is 6.55. The minimum Gasteiger partial charge on any atom is -0.381 e. The molecule has 25 heavy (non-hydrogen) atoms. The third-order valence-electron chi connectivity index (χ3n) is 3.85. The number of guanidine groups is 1. The Kier molecular flexibility index (Phi) is 11.6. The molecule has 1 fully saturated rings. The highest BCUT2D eigenvalue weighted by molar-refractivity contribution is 14.0. The Morgan fingerprint density at radius 1 is 1.56 bits per heavy atom. The van der Waals surface area contributed by atoms with Crippen molar-refractivity contribution >= 4 is 41.3 Å². The number of ether oxygens (including phenoxy) is 2. The first kappa shape index (κ1) is 22.6. The molecule has 0 aliphatic carbocycles. The molecule has 6 nitrogen and oxygen atoms in total. The summed E-state index contributed by atoms with van der Waals surface area (Å²) in [6.07, 6.45) is 2.07. The van der Waals surface area contributed by atoms with Crippen LogP contribution in [0.25, 0.3) is 0 Å². The van der Waals surface area contributed by atoms with E-state index in [1.807, 2.05) is 14.0 Å². The van der Waals surface area contributed by atoms with Gasteiger partial charge < -0.3 is 19.7 Å². The van der Waals surface area contributed by atoms with Crippen molar-refractivity contribution in [1.29, 1.82) is 0 Å². The first-order valence-corrected chi connectivity index (χ1v) is 9.63. The van der Waals surface area contributed by atoms with Gasteiger partial charge in [-0.15, -0.1) is 35.3 Å². The van der Waals surface area contributed by atoms with Gasteiger partial charge in [-0.1, -0.05) is 0 Å². The highest BCUT2D eigenvalue weighted by Gasteiger charge is 2.15. The molecule has 1 aliphatic heterocycles. The lowest BCUT2D eigenvalue weighted by molar-refractivity contribution is 0.0893.